The predicted octanol–water partition coefficient (Wildman–Crippen LogP) is 1.73. The lowest BCUT2D eigenvalue weighted by atomic mass is 10.1. The van der Waals surface area contributed by atoms with Crippen LogP contribution < -0.4 is 5.32 Å². The molecule has 0 saturated heterocycles. The monoisotopic (exact) mass is 258 g/mol. The Hall–Kier alpha value is -2.56. The van der Waals surface area contributed by atoms with E-state index >= 15 is 0 Å². The molecule has 1 amide bonds. The number of nitrogens with zero attached hydrogens (tertiary/aromatic N) is 1. The summed E-state index contributed by atoms with van der Waals surface area (Å²) in [6.45, 7) is 2.23. The van der Waals surface area contributed by atoms with Gasteiger partial charge in [0.05, 0.1) is 12.2 Å². The highest BCUT2D eigenvalue weighted by atomic mass is 16.3. The molecular formula is C14H14N2O3. The highest BCUT2D eigenvalue weighted by Crippen LogP contribution is 2.24. The number of carbonyl (C=O) groups excluding carboxylic acids is 1. The van der Waals surface area contributed by atoms with Crippen molar-refractivity contribution in [1.29, 1.82) is 0 Å². The van der Waals surface area contributed by atoms with Crippen LogP contribution in [0.2, 0.25) is 0 Å². The number of hydrogen-bond donors (Lipinski definition) is 3. The summed E-state index contributed by atoms with van der Waals surface area (Å²) >= 11 is 0. The Morgan fingerprint density at radius 3 is 2.74 bits per heavy atom. The molecule has 5 heteroatoms. The summed E-state index contributed by atoms with van der Waals surface area (Å²) in [4.78, 5) is 16.0. The number of hydrogen-bond acceptors (Lipinski definition) is 4. The van der Waals surface area contributed by atoms with Crippen molar-refractivity contribution in [3.8, 4) is 11.5 Å². The van der Waals surface area contributed by atoms with Crippen LogP contribution in [0.15, 0.2) is 36.5 Å². The van der Waals surface area contributed by atoms with Gasteiger partial charge < -0.3 is 15.5 Å². The van der Waals surface area contributed by atoms with Crippen molar-refractivity contribution in [2.75, 3.05) is 0 Å². The van der Waals surface area contributed by atoms with Crippen LogP contribution in [0.1, 0.15) is 21.6 Å². The van der Waals surface area contributed by atoms with Crippen LogP contribution in [-0.4, -0.2) is 21.1 Å². The molecular weight excluding hydrogens is 244 g/mol. The number of phenols is 2. The molecule has 0 unspecified atom stereocenters. The van der Waals surface area contributed by atoms with Crippen LogP contribution in [-0.2, 0) is 6.54 Å². The second kappa shape index (κ2) is 5.39. The molecule has 0 aliphatic carbocycles. The summed E-state index contributed by atoms with van der Waals surface area (Å²) in [5.74, 6) is -0.904. The molecule has 0 aliphatic rings. The predicted molar refractivity (Wildman–Crippen MR) is 69.9 cm³/mol. The topological polar surface area (TPSA) is 82.5 Å². The zero-order valence-corrected chi connectivity index (χ0v) is 10.4. The molecule has 0 aliphatic heterocycles. The second-order valence-electron chi connectivity index (χ2n) is 4.15. The molecule has 98 valence electrons. The molecule has 1 aromatic heterocycles. The fourth-order valence-corrected chi connectivity index (χ4v) is 1.63. The number of pyridine rings is 1. The fraction of sp³-hybridized carbons (Fsp3) is 0.143. The zero-order chi connectivity index (χ0) is 13.8. The summed E-state index contributed by atoms with van der Waals surface area (Å²) in [6, 6.07) is 7.68. The number of benzene rings is 1. The van der Waals surface area contributed by atoms with Crippen molar-refractivity contribution in [2.45, 2.75) is 13.5 Å². The largest absolute Gasteiger partial charge is 0.504 e. The number of amides is 1. The number of carbonyl (C=O) groups is 1. The van der Waals surface area contributed by atoms with E-state index in [2.05, 4.69) is 10.3 Å². The average molecular weight is 258 g/mol. The zero-order valence-electron chi connectivity index (χ0n) is 10.4. The van der Waals surface area contributed by atoms with Crippen LogP contribution >= 0.6 is 0 Å². The van der Waals surface area contributed by atoms with Gasteiger partial charge in [-0.15, -0.1) is 0 Å². The minimum Gasteiger partial charge on any atom is -0.504 e. The van der Waals surface area contributed by atoms with Gasteiger partial charge in [0.2, 0.25) is 0 Å². The quantitative estimate of drug-likeness (QED) is 0.732. The summed E-state index contributed by atoms with van der Waals surface area (Å²) in [7, 11) is 0. The molecule has 0 saturated carbocycles. The smallest absolute Gasteiger partial charge is 0.251 e. The molecule has 0 fully saturated rings. The maximum absolute atomic E-state index is 11.9. The summed E-state index contributed by atoms with van der Waals surface area (Å²) in [6.07, 6.45) is 1.67. The van der Waals surface area contributed by atoms with Gasteiger partial charge >= 0.3 is 0 Å². The van der Waals surface area contributed by atoms with E-state index in [9.17, 15) is 15.0 Å². The van der Waals surface area contributed by atoms with Crippen molar-refractivity contribution in [3.05, 3.63) is 53.3 Å². The first kappa shape index (κ1) is 12.9. The first-order valence-electron chi connectivity index (χ1n) is 5.78. The van der Waals surface area contributed by atoms with Gasteiger partial charge in [0.15, 0.2) is 11.5 Å². The highest BCUT2D eigenvalue weighted by Gasteiger charge is 2.09. The maximum Gasteiger partial charge on any atom is 0.251 e. The van der Waals surface area contributed by atoms with E-state index in [1.165, 1.54) is 18.2 Å². The Morgan fingerprint density at radius 2 is 2.05 bits per heavy atom. The van der Waals surface area contributed by atoms with E-state index in [0.717, 1.165) is 11.3 Å². The Kier molecular flexibility index (Phi) is 3.66. The van der Waals surface area contributed by atoms with Crippen molar-refractivity contribution in [3.63, 3.8) is 0 Å². The lowest BCUT2D eigenvalue weighted by molar-refractivity contribution is 0.0950. The minimum absolute atomic E-state index is 0.253. The Labute approximate surface area is 110 Å². The van der Waals surface area contributed by atoms with E-state index < -0.39 is 0 Å². The van der Waals surface area contributed by atoms with E-state index in [1.54, 1.807) is 6.20 Å². The molecule has 0 bridgehead atoms. The molecule has 5 nitrogen and oxygen atoms in total. The summed E-state index contributed by atoms with van der Waals surface area (Å²) in [5, 5.41) is 21.2. The molecule has 0 radical (unpaired) electrons. The van der Waals surface area contributed by atoms with Crippen LogP contribution in [0.4, 0.5) is 0 Å². The molecule has 1 heterocycles. The number of nitrogens with one attached hydrogen (secondary N) is 1. The SMILES string of the molecule is Cc1cccnc1CNC(=O)c1ccc(O)c(O)c1. The first-order chi connectivity index (χ1) is 9.08. The van der Waals surface area contributed by atoms with Gasteiger partial charge in [-0.2, -0.15) is 0 Å². The third-order valence-corrected chi connectivity index (χ3v) is 2.77. The summed E-state index contributed by atoms with van der Waals surface area (Å²) < 4.78 is 0. The number of aromatic hydroxyl groups is 2. The molecule has 3 N–H and O–H groups in total. The van der Waals surface area contributed by atoms with Gasteiger partial charge in [0.1, 0.15) is 0 Å². The summed E-state index contributed by atoms with van der Waals surface area (Å²) in [5.41, 5.74) is 2.07. The van der Waals surface area contributed by atoms with Gasteiger partial charge in [-0.1, -0.05) is 6.07 Å². The number of phenolic OH excluding ortho intramolecular Hbond substituents is 2. The van der Waals surface area contributed by atoms with Gasteiger partial charge in [-0.25, -0.2) is 0 Å². The lowest BCUT2D eigenvalue weighted by Crippen LogP contribution is -2.23. The first-order valence-corrected chi connectivity index (χ1v) is 5.78. The highest BCUT2D eigenvalue weighted by molar-refractivity contribution is 5.94. The number of aryl methyl sites for hydroxylation is 1. The third kappa shape index (κ3) is 3.01. The van der Waals surface area contributed by atoms with Gasteiger partial charge in [0.25, 0.3) is 5.91 Å². The molecule has 2 rings (SSSR count). The molecule has 0 atom stereocenters. The molecule has 2 aromatic rings. The standard InChI is InChI=1S/C14H14N2O3/c1-9-3-2-6-15-11(9)8-16-14(19)10-4-5-12(17)13(18)7-10/h2-7,17-18H,8H2,1H3,(H,16,19). The number of rotatable bonds is 3. The Balaban J connectivity index is 2.05. The van der Waals surface area contributed by atoms with Crippen molar-refractivity contribution in [2.24, 2.45) is 0 Å². The molecule has 1 aromatic carbocycles. The average Bonchev–Trinajstić information content (AvgIpc) is 2.40. The van der Waals surface area contributed by atoms with Crippen LogP contribution in [0.5, 0.6) is 11.5 Å². The Morgan fingerprint density at radius 1 is 1.26 bits per heavy atom. The van der Waals surface area contributed by atoms with Gasteiger partial charge in [0, 0.05) is 11.8 Å². The van der Waals surface area contributed by atoms with Gasteiger partial charge in [-0.3, -0.25) is 9.78 Å². The van der Waals surface area contributed by atoms with Crippen molar-refractivity contribution in [1.82, 2.24) is 10.3 Å². The van der Waals surface area contributed by atoms with Crippen LogP contribution in [0.25, 0.3) is 0 Å². The van der Waals surface area contributed by atoms with Crippen LogP contribution in [0, 0.1) is 6.92 Å². The van der Waals surface area contributed by atoms with E-state index in [-0.39, 0.29) is 23.0 Å². The minimum atomic E-state index is -0.333. The molecule has 0 spiro atoms. The van der Waals surface area contributed by atoms with E-state index in [0.29, 0.717) is 6.54 Å². The normalized spacial score (nSPS) is 10.2. The fourth-order valence-electron chi connectivity index (χ4n) is 1.63. The third-order valence-electron chi connectivity index (χ3n) is 2.77. The van der Waals surface area contributed by atoms with Crippen LogP contribution in [0.3, 0.4) is 0 Å². The maximum atomic E-state index is 11.9. The lowest BCUT2D eigenvalue weighted by Gasteiger charge is -2.07. The van der Waals surface area contributed by atoms with Gasteiger partial charge in [-0.05, 0) is 36.8 Å². The molecule has 19 heavy (non-hydrogen) atoms. The number of aromatic nitrogens is 1. The van der Waals surface area contributed by atoms with Crippen molar-refractivity contribution >= 4 is 5.91 Å². The van der Waals surface area contributed by atoms with Crippen molar-refractivity contribution < 1.29 is 15.0 Å². The van der Waals surface area contributed by atoms with E-state index in [1.807, 2.05) is 19.1 Å². The Bertz CT molecular complexity index is 611. The second-order valence-corrected chi connectivity index (χ2v) is 4.15. The van der Waals surface area contributed by atoms with E-state index in [4.69, 9.17) is 0 Å².